The minimum Gasteiger partial charge on any atom is -0.354 e. The maximum atomic E-state index is 13.3. The first-order valence-electron chi connectivity index (χ1n) is 10.9. The molecule has 0 aliphatic carbocycles. The monoisotopic (exact) mass is 494 g/mol. The van der Waals surface area contributed by atoms with Crippen molar-refractivity contribution in [2.75, 3.05) is 12.3 Å². The van der Waals surface area contributed by atoms with Crippen LogP contribution >= 0.6 is 35.0 Å². The summed E-state index contributed by atoms with van der Waals surface area (Å²) in [5.41, 5.74) is 4.26. The van der Waals surface area contributed by atoms with E-state index in [-0.39, 0.29) is 24.1 Å². The molecule has 0 saturated heterocycles. The number of hydrogen-bond donors (Lipinski definition) is 1. The number of carbonyl (C=O) groups excluding carboxylic acids is 2. The minimum absolute atomic E-state index is 0.103. The van der Waals surface area contributed by atoms with Crippen LogP contribution in [0.25, 0.3) is 0 Å². The van der Waals surface area contributed by atoms with E-state index < -0.39 is 6.04 Å². The van der Waals surface area contributed by atoms with Crippen LogP contribution in [0.3, 0.4) is 0 Å². The number of aryl methyl sites for hydroxylation is 2. The van der Waals surface area contributed by atoms with E-state index >= 15 is 0 Å². The number of carbonyl (C=O) groups is 2. The van der Waals surface area contributed by atoms with Crippen molar-refractivity contribution in [2.24, 2.45) is 0 Å². The summed E-state index contributed by atoms with van der Waals surface area (Å²) in [6, 6.07) is 11.1. The van der Waals surface area contributed by atoms with Crippen molar-refractivity contribution in [3.63, 3.8) is 0 Å². The summed E-state index contributed by atoms with van der Waals surface area (Å²) >= 11 is 14.3. The third-order valence-electron chi connectivity index (χ3n) is 5.10. The lowest BCUT2D eigenvalue weighted by Crippen LogP contribution is -2.49. The Morgan fingerprint density at radius 1 is 1.06 bits per heavy atom. The van der Waals surface area contributed by atoms with Gasteiger partial charge in [-0.2, -0.15) is 0 Å². The molecule has 174 valence electrons. The second kappa shape index (κ2) is 13.1. The maximum Gasteiger partial charge on any atom is 0.242 e. The van der Waals surface area contributed by atoms with E-state index in [4.69, 9.17) is 23.2 Å². The molecule has 0 fully saturated rings. The summed E-state index contributed by atoms with van der Waals surface area (Å²) in [6.45, 7) is 8.82. The lowest BCUT2D eigenvalue weighted by Gasteiger charge is -2.31. The molecule has 7 heteroatoms. The largest absolute Gasteiger partial charge is 0.354 e. The molecule has 0 radical (unpaired) electrons. The average Bonchev–Trinajstić information content (AvgIpc) is 2.73. The Morgan fingerprint density at radius 3 is 2.25 bits per heavy atom. The molecule has 0 aliphatic rings. The van der Waals surface area contributed by atoms with Gasteiger partial charge in [0.25, 0.3) is 0 Å². The number of amides is 2. The average molecular weight is 496 g/mol. The van der Waals surface area contributed by atoms with Crippen molar-refractivity contribution in [2.45, 2.75) is 58.9 Å². The molecule has 4 nitrogen and oxygen atoms in total. The Kier molecular flexibility index (Phi) is 10.9. The molecule has 0 spiro atoms. The molecule has 2 aromatic rings. The third-order valence-corrected chi connectivity index (χ3v) is 6.80. The second-order valence-corrected chi connectivity index (χ2v) is 9.73. The Labute approximate surface area is 206 Å². The number of rotatable bonds is 11. The van der Waals surface area contributed by atoms with E-state index in [2.05, 4.69) is 37.4 Å². The zero-order chi connectivity index (χ0) is 23.7. The summed E-state index contributed by atoms with van der Waals surface area (Å²) in [7, 11) is 0. The van der Waals surface area contributed by atoms with Crippen molar-refractivity contribution in [1.29, 1.82) is 0 Å². The van der Waals surface area contributed by atoms with Crippen LogP contribution in [0.2, 0.25) is 10.0 Å². The van der Waals surface area contributed by atoms with Crippen molar-refractivity contribution in [3.05, 3.63) is 68.7 Å². The van der Waals surface area contributed by atoms with Crippen LogP contribution in [0.1, 0.15) is 48.9 Å². The first-order valence-corrected chi connectivity index (χ1v) is 12.8. The van der Waals surface area contributed by atoms with Gasteiger partial charge in [0.05, 0.1) is 5.75 Å². The fraction of sp³-hybridized carbons (Fsp3) is 0.440. The summed E-state index contributed by atoms with van der Waals surface area (Å²) in [6.07, 6.45) is 1.34. The SMILES string of the molecule is CCCNC(=O)[C@H](CC)N(Cc1c(Cl)cccc1Cl)C(=O)CSCc1cc(C)cc(C)c1. The first kappa shape index (κ1) is 26.6. The van der Waals surface area contributed by atoms with Gasteiger partial charge >= 0.3 is 0 Å². The smallest absolute Gasteiger partial charge is 0.242 e. The van der Waals surface area contributed by atoms with E-state index in [0.717, 1.165) is 12.2 Å². The van der Waals surface area contributed by atoms with E-state index in [1.165, 1.54) is 16.7 Å². The highest BCUT2D eigenvalue weighted by atomic mass is 35.5. The van der Waals surface area contributed by atoms with Crippen LogP contribution < -0.4 is 5.32 Å². The van der Waals surface area contributed by atoms with E-state index in [1.807, 2.05) is 13.8 Å². The van der Waals surface area contributed by atoms with Gasteiger partial charge in [-0.15, -0.1) is 11.8 Å². The number of benzene rings is 2. The normalized spacial score (nSPS) is 11.8. The van der Waals surface area contributed by atoms with Gasteiger partial charge in [0.1, 0.15) is 6.04 Å². The Bertz CT molecular complexity index is 896. The van der Waals surface area contributed by atoms with Gasteiger partial charge in [-0.25, -0.2) is 0 Å². The van der Waals surface area contributed by atoms with Crippen LogP contribution in [-0.4, -0.2) is 35.1 Å². The maximum absolute atomic E-state index is 13.3. The minimum atomic E-state index is -0.580. The third kappa shape index (κ3) is 7.72. The number of thioether (sulfide) groups is 1. The quantitative estimate of drug-likeness (QED) is 0.405. The summed E-state index contributed by atoms with van der Waals surface area (Å²) in [4.78, 5) is 27.8. The molecule has 2 rings (SSSR count). The molecule has 0 bridgehead atoms. The number of halogens is 2. The van der Waals surface area contributed by atoms with Gasteiger partial charge in [-0.1, -0.05) is 72.4 Å². The number of nitrogens with one attached hydrogen (secondary N) is 1. The van der Waals surface area contributed by atoms with Crippen molar-refractivity contribution >= 4 is 46.8 Å². The Hall–Kier alpha value is -1.69. The highest BCUT2D eigenvalue weighted by Gasteiger charge is 2.29. The van der Waals surface area contributed by atoms with Gasteiger partial charge < -0.3 is 10.2 Å². The van der Waals surface area contributed by atoms with Gasteiger partial charge in [-0.3, -0.25) is 9.59 Å². The molecule has 0 aromatic heterocycles. The fourth-order valence-corrected chi connectivity index (χ4v) is 4.99. The molecule has 0 saturated carbocycles. The zero-order valence-electron chi connectivity index (χ0n) is 19.2. The summed E-state index contributed by atoms with van der Waals surface area (Å²) in [5.74, 6) is 0.750. The molecule has 0 unspecified atom stereocenters. The number of nitrogens with zero attached hydrogens (tertiary/aromatic N) is 1. The van der Waals surface area contributed by atoms with Gasteiger partial charge in [0, 0.05) is 34.5 Å². The van der Waals surface area contributed by atoms with Gasteiger partial charge in [0.15, 0.2) is 0 Å². The first-order chi connectivity index (χ1) is 15.3. The van der Waals surface area contributed by atoms with Crippen LogP contribution in [0.4, 0.5) is 0 Å². The lowest BCUT2D eigenvalue weighted by atomic mass is 10.1. The van der Waals surface area contributed by atoms with Gasteiger partial charge in [0.2, 0.25) is 11.8 Å². The molecular weight excluding hydrogens is 463 g/mol. The van der Waals surface area contributed by atoms with E-state index in [1.54, 1.807) is 34.9 Å². The van der Waals surface area contributed by atoms with E-state index in [0.29, 0.717) is 28.6 Å². The molecular formula is C25H32Cl2N2O2S. The standard InChI is InChI=1S/C25H32Cl2N2O2S/c1-5-10-28-25(31)23(6-2)29(14-20-21(26)8-7-9-22(20)27)24(30)16-32-15-19-12-17(3)11-18(4)13-19/h7-9,11-13,23H,5-6,10,14-16H2,1-4H3,(H,28,31)/t23-/m0/s1. The predicted octanol–water partition coefficient (Wildman–Crippen LogP) is 6.18. The van der Waals surface area contributed by atoms with Crippen LogP contribution in [-0.2, 0) is 21.9 Å². The van der Waals surface area contributed by atoms with Crippen molar-refractivity contribution in [1.82, 2.24) is 10.2 Å². The lowest BCUT2D eigenvalue weighted by molar-refractivity contribution is -0.139. The molecule has 1 N–H and O–H groups in total. The zero-order valence-corrected chi connectivity index (χ0v) is 21.5. The second-order valence-electron chi connectivity index (χ2n) is 7.93. The summed E-state index contributed by atoms with van der Waals surface area (Å²) in [5, 5.41) is 3.90. The Morgan fingerprint density at radius 2 is 1.69 bits per heavy atom. The fourth-order valence-electron chi connectivity index (χ4n) is 3.63. The molecule has 2 aromatic carbocycles. The van der Waals surface area contributed by atoms with E-state index in [9.17, 15) is 9.59 Å². The Balaban J connectivity index is 2.19. The van der Waals surface area contributed by atoms with Crippen molar-refractivity contribution in [3.8, 4) is 0 Å². The molecule has 1 atom stereocenters. The highest BCUT2D eigenvalue weighted by molar-refractivity contribution is 7.99. The van der Waals surface area contributed by atoms with Crippen LogP contribution in [0.5, 0.6) is 0 Å². The molecule has 2 amide bonds. The molecule has 0 aliphatic heterocycles. The highest BCUT2D eigenvalue weighted by Crippen LogP contribution is 2.27. The van der Waals surface area contributed by atoms with Crippen molar-refractivity contribution < 1.29 is 9.59 Å². The van der Waals surface area contributed by atoms with Gasteiger partial charge in [-0.05, 0) is 44.4 Å². The predicted molar refractivity (Wildman–Crippen MR) is 136 cm³/mol. The van der Waals surface area contributed by atoms with Crippen LogP contribution in [0.15, 0.2) is 36.4 Å². The summed E-state index contributed by atoms with van der Waals surface area (Å²) < 4.78 is 0. The number of hydrogen-bond acceptors (Lipinski definition) is 3. The van der Waals surface area contributed by atoms with Crippen LogP contribution in [0, 0.1) is 13.8 Å². The molecule has 0 heterocycles. The topological polar surface area (TPSA) is 49.4 Å². The molecule has 32 heavy (non-hydrogen) atoms.